The molecule has 1 aliphatic carbocycles. The number of allylic oxidation sites excluding steroid dienone is 4. The van der Waals surface area contributed by atoms with E-state index in [1.54, 1.807) is 6.08 Å². The van der Waals surface area contributed by atoms with Gasteiger partial charge in [0.2, 0.25) is 0 Å². The lowest BCUT2D eigenvalue weighted by Crippen LogP contribution is -2.30. The van der Waals surface area contributed by atoms with Crippen molar-refractivity contribution in [3.8, 4) is 0 Å². The third-order valence-electron chi connectivity index (χ3n) is 3.50. The van der Waals surface area contributed by atoms with Crippen LogP contribution in [0, 0.1) is 5.41 Å². The minimum atomic E-state index is -0.423. The number of hydrogen-bond donors (Lipinski definition) is 0. The Bertz CT molecular complexity index is 478. The molecule has 1 atom stereocenters. The SMILES string of the molecule is CC(=O)O[C@H]1/C=C(/C)CC/C=C(/C)C(=O)/C=C\C1(C)C. The van der Waals surface area contributed by atoms with Gasteiger partial charge in [-0.3, -0.25) is 9.59 Å². The van der Waals surface area contributed by atoms with Crippen molar-refractivity contribution < 1.29 is 14.3 Å². The lowest BCUT2D eigenvalue weighted by Gasteiger charge is -2.29. The first-order valence-corrected chi connectivity index (χ1v) is 6.97. The molecule has 0 fully saturated rings. The third-order valence-corrected chi connectivity index (χ3v) is 3.50. The molecule has 0 spiro atoms. The van der Waals surface area contributed by atoms with Crippen LogP contribution in [0.15, 0.2) is 35.5 Å². The van der Waals surface area contributed by atoms with Crippen LogP contribution < -0.4 is 0 Å². The minimum absolute atomic E-state index is 0.0132. The van der Waals surface area contributed by atoms with Gasteiger partial charge in [-0.05, 0) is 44.4 Å². The van der Waals surface area contributed by atoms with E-state index >= 15 is 0 Å². The van der Waals surface area contributed by atoms with Gasteiger partial charge in [0.05, 0.1) is 0 Å². The topological polar surface area (TPSA) is 43.4 Å². The van der Waals surface area contributed by atoms with E-state index in [-0.39, 0.29) is 17.9 Å². The Morgan fingerprint density at radius 2 is 2.00 bits per heavy atom. The summed E-state index contributed by atoms with van der Waals surface area (Å²) in [5.74, 6) is -0.296. The van der Waals surface area contributed by atoms with Gasteiger partial charge < -0.3 is 4.74 Å². The Balaban J connectivity index is 3.17. The van der Waals surface area contributed by atoms with Gasteiger partial charge in [-0.25, -0.2) is 0 Å². The van der Waals surface area contributed by atoms with Crippen LogP contribution in [0.3, 0.4) is 0 Å². The number of esters is 1. The molecule has 0 saturated heterocycles. The van der Waals surface area contributed by atoms with Crippen molar-refractivity contribution >= 4 is 11.8 Å². The van der Waals surface area contributed by atoms with Crippen LogP contribution in [0.4, 0.5) is 0 Å². The van der Waals surface area contributed by atoms with Crippen molar-refractivity contribution in [2.75, 3.05) is 0 Å². The summed E-state index contributed by atoms with van der Waals surface area (Å²) >= 11 is 0. The van der Waals surface area contributed by atoms with Crippen molar-refractivity contribution in [2.24, 2.45) is 5.41 Å². The van der Waals surface area contributed by atoms with Crippen LogP contribution in [0.25, 0.3) is 0 Å². The molecular weight excluding hydrogens is 252 g/mol. The van der Waals surface area contributed by atoms with Crippen LogP contribution in [-0.4, -0.2) is 17.9 Å². The predicted molar refractivity (Wildman–Crippen MR) is 80.2 cm³/mol. The first kappa shape index (κ1) is 16.4. The average Bonchev–Trinajstić information content (AvgIpc) is 2.34. The molecule has 0 radical (unpaired) electrons. The van der Waals surface area contributed by atoms with E-state index in [4.69, 9.17) is 4.74 Å². The Morgan fingerprint density at radius 3 is 2.60 bits per heavy atom. The maximum absolute atomic E-state index is 12.0. The van der Waals surface area contributed by atoms with Gasteiger partial charge in [0.1, 0.15) is 6.10 Å². The highest BCUT2D eigenvalue weighted by molar-refractivity contribution is 6.03. The molecule has 0 bridgehead atoms. The van der Waals surface area contributed by atoms with Crippen LogP contribution in [0.5, 0.6) is 0 Å². The van der Waals surface area contributed by atoms with Crippen molar-refractivity contribution in [1.82, 2.24) is 0 Å². The second-order valence-corrected chi connectivity index (χ2v) is 5.99. The Kier molecular flexibility index (Phi) is 5.49. The highest BCUT2D eigenvalue weighted by Gasteiger charge is 2.28. The van der Waals surface area contributed by atoms with E-state index in [0.29, 0.717) is 0 Å². The molecule has 0 N–H and O–H groups in total. The van der Waals surface area contributed by atoms with Crippen molar-refractivity contribution in [3.05, 3.63) is 35.5 Å². The van der Waals surface area contributed by atoms with Gasteiger partial charge in [-0.1, -0.05) is 31.6 Å². The molecule has 0 aromatic carbocycles. The van der Waals surface area contributed by atoms with Crippen LogP contribution in [0.1, 0.15) is 47.5 Å². The van der Waals surface area contributed by atoms with E-state index < -0.39 is 5.41 Å². The Labute approximate surface area is 121 Å². The third kappa shape index (κ3) is 4.80. The average molecular weight is 276 g/mol. The number of ether oxygens (including phenoxy) is 1. The Hall–Kier alpha value is -1.64. The number of rotatable bonds is 1. The van der Waals surface area contributed by atoms with Gasteiger partial charge in [0.15, 0.2) is 5.78 Å². The maximum atomic E-state index is 12.0. The highest BCUT2D eigenvalue weighted by atomic mass is 16.5. The molecule has 20 heavy (non-hydrogen) atoms. The molecular formula is C17H24O3. The summed E-state index contributed by atoms with van der Waals surface area (Å²) in [6.07, 6.45) is 8.68. The fourth-order valence-electron chi connectivity index (χ4n) is 2.05. The highest BCUT2D eigenvalue weighted by Crippen LogP contribution is 2.29. The van der Waals surface area contributed by atoms with E-state index in [9.17, 15) is 9.59 Å². The summed E-state index contributed by atoms with van der Waals surface area (Å²) in [6, 6.07) is 0. The predicted octanol–water partition coefficient (Wildman–Crippen LogP) is 3.76. The summed E-state index contributed by atoms with van der Waals surface area (Å²) in [5, 5.41) is 0. The number of ketones is 1. The zero-order valence-corrected chi connectivity index (χ0v) is 13.0. The minimum Gasteiger partial charge on any atom is -0.457 e. The number of carbonyl (C=O) groups excluding carboxylic acids is 2. The standard InChI is InChI=1S/C17H24O3/c1-12-7-6-8-13(2)15(19)9-10-17(4,5)16(11-12)20-14(3)18/h8-11,16H,6-7H2,1-5H3/b10-9-,12-11-,13-8-/t16-/m0/s1. The second kappa shape index (κ2) is 6.69. The quantitative estimate of drug-likeness (QED) is 0.541. The molecule has 0 aliphatic heterocycles. The molecule has 0 amide bonds. The normalized spacial score (nSPS) is 30.2. The molecule has 3 heteroatoms. The zero-order chi connectivity index (χ0) is 15.3. The van der Waals surface area contributed by atoms with E-state index in [2.05, 4.69) is 0 Å². The van der Waals surface area contributed by atoms with Gasteiger partial charge in [0, 0.05) is 12.3 Å². The zero-order valence-electron chi connectivity index (χ0n) is 13.0. The lowest BCUT2D eigenvalue weighted by atomic mass is 9.84. The molecule has 0 heterocycles. The van der Waals surface area contributed by atoms with Gasteiger partial charge >= 0.3 is 5.97 Å². The smallest absolute Gasteiger partial charge is 0.303 e. The maximum Gasteiger partial charge on any atom is 0.303 e. The summed E-state index contributed by atoms with van der Waals surface area (Å²) in [4.78, 5) is 23.3. The fraction of sp³-hybridized carbons (Fsp3) is 0.529. The summed E-state index contributed by atoms with van der Waals surface area (Å²) < 4.78 is 5.42. The number of carbonyl (C=O) groups is 2. The molecule has 1 aliphatic rings. The van der Waals surface area contributed by atoms with Crippen LogP contribution in [0.2, 0.25) is 0 Å². The second-order valence-electron chi connectivity index (χ2n) is 5.99. The molecule has 1 rings (SSSR count). The summed E-state index contributed by atoms with van der Waals surface area (Å²) in [7, 11) is 0. The van der Waals surface area contributed by atoms with Gasteiger partial charge in [0.25, 0.3) is 0 Å². The van der Waals surface area contributed by atoms with Crippen molar-refractivity contribution in [3.63, 3.8) is 0 Å². The van der Waals surface area contributed by atoms with Gasteiger partial charge in [-0.15, -0.1) is 0 Å². The summed E-state index contributed by atoms with van der Waals surface area (Å²) in [6.45, 7) is 9.19. The number of hydrogen-bond acceptors (Lipinski definition) is 3. The molecule has 0 aromatic rings. The van der Waals surface area contributed by atoms with E-state index in [1.165, 1.54) is 6.92 Å². The first-order valence-electron chi connectivity index (χ1n) is 6.97. The van der Waals surface area contributed by atoms with Gasteiger partial charge in [-0.2, -0.15) is 0 Å². The molecule has 0 aromatic heterocycles. The van der Waals surface area contributed by atoms with E-state index in [1.807, 2.05) is 45.9 Å². The molecule has 0 unspecified atom stereocenters. The van der Waals surface area contributed by atoms with E-state index in [0.717, 1.165) is 24.0 Å². The summed E-state index contributed by atoms with van der Waals surface area (Å²) in [5.41, 5.74) is 1.50. The monoisotopic (exact) mass is 276 g/mol. The molecule has 3 nitrogen and oxygen atoms in total. The fourth-order valence-corrected chi connectivity index (χ4v) is 2.05. The largest absolute Gasteiger partial charge is 0.457 e. The van der Waals surface area contributed by atoms with Crippen molar-refractivity contribution in [1.29, 1.82) is 0 Å². The van der Waals surface area contributed by atoms with Crippen molar-refractivity contribution in [2.45, 2.75) is 53.6 Å². The molecule has 110 valence electrons. The molecule has 0 saturated carbocycles. The van der Waals surface area contributed by atoms with Crippen LogP contribution >= 0.6 is 0 Å². The lowest BCUT2D eigenvalue weighted by molar-refractivity contribution is -0.147. The first-order chi connectivity index (χ1) is 9.22. The van der Waals surface area contributed by atoms with Crippen LogP contribution in [-0.2, 0) is 14.3 Å². The Morgan fingerprint density at radius 1 is 1.35 bits per heavy atom.